The topological polar surface area (TPSA) is 66.5 Å². The van der Waals surface area contributed by atoms with Crippen molar-refractivity contribution in [2.24, 2.45) is 0 Å². The monoisotopic (exact) mass is 532 g/mol. The van der Waals surface area contributed by atoms with E-state index in [0.717, 1.165) is 48.9 Å². The van der Waals surface area contributed by atoms with Crippen molar-refractivity contribution in [1.29, 1.82) is 0 Å². The van der Waals surface area contributed by atoms with E-state index in [9.17, 15) is 4.79 Å². The van der Waals surface area contributed by atoms with Gasteiger partial charge in [-0.3, -0.25) is 9.69 Å². The van der Waals surface area contributed by atoms with E-state index in [1.54, 1.807) is 12.1 Å². The normalized spacial score (nSPS) is 15.9. The predicted molar refractivity (Wildman–Crippen MR) is 150 cm³/mol. The van der Waals surface area contributed by atoms with E-state index in [-0.39, 0.29) is 11.9 Å². The minimum absolute atomic E-state index is 0.0716. The van der Waals surface area contributed by atoms with Gasteiger partial charge in [0, 0.05) is 47.8 Å². The van der Waals surface area contributed by atoms with Gasteiger partial charge >= 0.3 is 0 Å². The van der Waals surface area contributed by atoms with Gasteiger partial charge in [-0.15, -0.1) is 0 Å². The summed E-state index contributed by atoms with van der Waals surface area (Å²) in [6.07, 6.45) is 0.298. The second-order valence-corrected chi connectivity index (χ2v) is 10.0. The van der Waals surface area contributed by atoms with Gasteiger partial charge in [0.25, 0.3) is 0 Å². The van der Waals surface area contributed by atoms with Crippen molar-refractivity contribution in [1.82, 2.24) is 14.6 Å². The molecule has 6 nitrogen and oxygen atoms in total. The lowest BCUT2D eigenvalue weighted by Gasteiger charge is -2.35. The van der Waals surface area contributed by atoms with E-state index in [1.807, 2.05) is 42.5 Å². The van der Waals surface area contributed by atoms with Gasteiger partial charge in [0.1, 0.15) is 12.4 Å². The van der Waals surface area contributed by atoms with Crippen LogP contribution in [0.2, 0.25) is 5.02 Å². The lowest BCUT2D eigenvalue weighted by Crippen LogP contribution is -2.47. The van der Waals surface area contributed by atoms with Crippen LogP contribution in [0.25, 0.3) is 11.1 Å². The van der Waals surface area contributed by atoms with Crippen LogP contribution < -0.4 is 15.4 Å². The second kappa shape index (κ2) is 12.3. The molecule has 1 aromatic heterocycles. The van der Waals surface area contributed by atoms with Crippen molar-refractivity contribution in [3.63, 3.8) is 0 Å². The van der Waals surface area contributed by atoms with Crippen molar-refractivity contribution < 1.29 is 9.53 Å². The van der Waals surface area contributed by atoms with Crippen molar-refractivity contribution in [3.05, 3.63) is 101 Å². The summed E-state index contributed by atoms with van der Waals surface area (Å²) in [5.41, 5.74) is 5.20. The molecule has 1 aliphatic rings. The van der Waals surface area contributed by atoms with Gasteiger partial charge in [0.2, 0.25) is 5.91 Å². The van der Waals surface area contributed by atoms with Crippen LogP contribution in [-0.2, 0) is 11.2 Å². The van der Waals surface area contributed by atoms with Crippen molar-refractivity contribution in [3.8, 4) is 16.9 Å². The smallest absolute Gasteiger partial charge is 0.228 e. The molecule has 0 saturated carbocycles. The Hall–Kier alpha value is -3.23. The molecule has 3 aromatic carbocycles. The highest BCUT2D eigenvalue weighted by atomic mass is 35.5. The number of hydrogen-bond donors (Lipinski definition) is 2. The maximum Gasteiger partial charge on any atom is 0.228 e. The van der Waals surface area contributed by atoms with Gasteiger partial charge in [-0.05, 0) is 59.1 Å². The van der Waals surface area contributed by atoms with Gasteiger partial charge in [0.15, 0.2) is 0 Å². The predicted octanol–water partition coefficient (Wildman–Crippen LogP) is 5.67. The maximum atomic E-state index is 12.4. The molecule has 2 heterocycles. The summed E-state index contributed by atoms with van der Waals surface area (Å²) in [5, 5.41) is 9.25. The number of halogens is 1. The average Bonchev–Trinajstić information content (AvgIpc) is 3.42. The molecular formula is C29H29ClN4O2S. The molecule has 1 unspecified atom stereocenters. The van der Waals surface area contributed by atoms with Crippen LogP contribution in [0.3, 0.4) is 0 Å². The molecule has 0 spiro atoms. The number of carbonyl (C=O) groups excluding carboxylic acids is 1. The first kappa shape index (κ1) is 25.4. The summed E-state index contributed by atoms with van der Waals surface area (Å²) < 4.78 is 10.8. The average molecular weight is 533 g/mol. The molecule has 0 radical (unpaired) electrons. The highest BCUT2D eigenvalue weighted by molar-refractivity contribution is 7.04. The van der Waals surface area contributed by atoms with Crippen LogP contribution in [0.1, 0.15) is 17.3 Å². The van der Waals surface area contributed by atoms with E-state index >= 15 is 0 Å². The van der Waals surface area contributed by atoms with E-state index < -0.39 is 0 Å². The molecule has 1 fully saturated rings. The van der Waals surface area contributed by atoms with E-state index in [0.29, 0.717) is 18.1 Å². The zero-order valence-electron chi connectivity index (χ0n) is 20.4. The number of benzene rings is 3. The standard InChI is InChI=1S/C29H29ClN4O2S/c30-23-8-6-21(7-9-23)18-28(35)32-24-10-12-25(13-11-24)36-17-16-34-15-14-31-19-27(34)29-26(20-37-33-29)22-4-2-1-3-5-22/h1-13,20,27,31H,14-19H2,(H,32,35). The number of amides is 1. The summed E-state index contributed by atoms with van der Waals surface area (Å²) >= 11 is 7.43. The third-order valence-corrected chi connectivity index (χ3v) is 7.31. The largest absolute Gasteiger partial charge is 0.492 e. The van der Waals surface area contributed by atoms with Gasteiger partial charge in [-0.25, -0.2) is 0 Å². The number of ether oxygens (including phenoxy) is 1. The highest BCUT2D eigenvalue weighted by Gasteiger charge is 2.28. The summed E-state index contributed by atoms with van der Waals surface area (Å²) in [6, 6.07) is 25.5. The molecule has 0 aliphatic carbocycles. The number of aromatic nitrogens is 1. The minimum atomic E-state index is -0.0716. The highest BCUT2D eigenvalue weighted by Crippen LogP contribution is 2.32. The Morgan fingerprint density at radius 2 is 1.86 bits per heavy atom. The van der Waals surface area contributed by atoms with Gasteiger partial charge in [0.05, 0.1) is 18.2 Å². The number of nitrogens with one attached hydrogen (secondary N) is 2. The number of carbonyl (C=O) groups is 1. The van der Waals surface area contributed by atoms with Crippen molar-refractivity contribution in [2.75, 3.05) is 38.1 Å². The van der Waals surface area contributed by atoms with Crippen LogP contribution in [0.4, 0.5) is 5.69 Å². The molecule has 1 atom stereocenters. The Morgan fingerprint density at radius 1 is 1.08 bits per heavy atom. The van der Waals surface area contributed by atoms with Gasteiger partial charge in [-0.2, -0.15) is 4.37 Å². The van der Waals surface area contributed by atoms with E-state index in [2.05, 4.69) is 45.2 Å². The minimum Gasteiger partial charge on any atom is -0.492 e. The molecule has 8 heteroatoms. The maximum absolute atomic E-state index is 12.4. The summed E-state index contributed by atoms with van der Waals surface area (Å²) in [4.78, 5) is 14.8. The van der Waals surface area contributed by atoms with Gasteiger partial charge < -0.3 is 15.4 Å². The number of piperazine rings is 1. The molecule has 1 aliphatic heterocycles. The quantitative estimate of drug-likeness (QED) is 0.291. The van der Waals surface area contributed by atoms with E-state index in [1.165, 1.54) is 22.7 Å². The first-order chi connectivity index (χ1) is 18.2. The molecule has 37 heavy (non-hydrogen) atoms. The lowest BCUT2D eigenvalue weighted by atomic mass is 10.0. The van der Waals surface area contributed by atoms with Crippen LogP contribution in [-0.4, -0.2) is 48.0 Å². The fourth-order valence-electron chi connectivity index (χ4n) is 4.51. The Morgan fingerprint density at radius 3 is 2.65 bits per heavy atom. The number of anilines is 1. The third-order valence-electron chi connectivity index (χ3n) is 6.42. The van der Waals surface area contributed by atoms with Crippen LogP contribution in [0.5, 0.6) is 5.75 Å². The molecule has 5 rings (SSSR count). The Labute approximate surface area is 226 Å². The summed E-state index contributed by atoms with van der Waals surface area (Å²) in [6.45, 7) is 4.14. The fourth-order valence-corrected chi connectivity index (χ4v) is 5.39. The SMILES string of the molecule is O=C(Cc1ccc(Cl)cc1)Nc1ccc(OCCN2CCNCC2c2nscc2-c2ccccc2)cc1. The molecule has 0 bridgehead atoms. The zero-order chi connectivity index (χ0) is 25.5. The molecule has 1 amide bonds. The Bertz CT molecular complexity index is 1300. The first-order valence-electron chi connectivity index (χ1n) is 12.4. The Kier molecular flexibility index (Phi) is 8.48. The van der Waals surface area contributed by atoms with E-state index in [4.69, 9.17) is 20.7 Å². The van der Waals surface area contributed by atoms with Crippen molar-refractivity contribution >= 4 is 34.7 Å². The number of rotatable bonds is 9. The first-order valence-corrected chi connectivity index (χ1v) is 13.6. The zero-order valence-corrected chi connectivity index (χ0v) is 22.0. The summed E-state index contributed by atoms with van der Waals surface area (Å²) in [7, 11) is 0. The molecule has 4 aromatic rings. The molecular weight excluding hydrogens is 504 g/mol. The van der Waals surface area contributed by atoms with Crippen molar-refractivity contribution in [2.45, 2.75) is 12.5 Å². The fraction of sp³-hybridized carbons (Fsp3) is 0.241. The molecule has 190 valence electrons. The van der Waals surface area contributed by atoms with Crippen LogP contribution >= 0.6 is 23.1 Å². The lowest BCUT2D eigenvalue weighted by molar-refractivity contribution is -0.115. The third kappa shape index (κ3) is 6.76. The number of nitrogens with zero attached hydrogens (tertiary/aromatic N) is 2. The number of hydrogen-bond acceptors (Lipinski definition) is 6. The second-order valence-electron chi connectivity index (χ2n) is 8.96. The molecule has 2 N–H and O–H groups in total. The Balaban J connectivity index is 1.14. The molecule has 1 saturated heterocycles. The summed E-state index contributed by atoms with van der Waals surface area (Å²) in [5.74, 6) is 0.707. The van der Waals surface area contributed by atoms with Crippen LogP contribution in [0.15, 0.2) is 84.2 Å². The van der Waals surface area contributed by atoms with Crippen LogP contribution in [0, 0.1) is 0 Å². The van der Waals surface area contributed by atoms with Gasteiger partial charge in [-0.1, -0.05) is 54.1 Å².